The van der Waals surface area contributed by atoms with E-state index < -0.39 is 5.60 Å². The molecule has 1 heterocycles. The van der Waals surface area contributed by atoms with E-state index in [1.54, 1.807) is 6.20 Å². The zero-order valence-electron chi connectivity index (χ0n) is 7.25. The van der Waals surface area contributed by atoms with Crippen molar-refractivity contribution in [2.45, 2.75) is 31.8 Å². The highest BCUT2D eigenvalue weighted by Crippen LogP contribution is 2.32. The Morgan fingerprint density at radius 1 is 1.58 bits per heavy atom. The summed E-state index contributed by atoms with van der Waals surface area (Å²) in [7, 11) is 0. The van der Waals surface area contributed by atoms with E-state index in [1.165, 1.54) is 5.56 Å². The monoisotopic (exact) mass is 163 g/mol. The van der Waals surface area contributed by atoms with Gasteiger partial charge >= 0.3 is 0 Å². The van der Waals surface area contributed by atoms with Crippen molar-refractivity contribution in [2.75, 3.05) is 0 Å². The first kappa shape index (κ1) is 7.74. The number of hydrogen-bond acceptors (Lipinski definition) is 2. The van der Waals surface area contributed by atoms with Gasteiger partial charge in [0.05, 0.1) is 5.69 Å². The largest absolute Gasteiger partial charge is 0.384 e. The number of aryl methyl sites for hydroxylation is 1. The first-order valence-electron chi connectivity index (χ1n) is 4.37. The molecule has 2 heteroatoms. The molecule has 0 bridgehead atoms. The average molecular weight is 163 g/mol. The average Bonchev–Trinajstić information content (AvgIpc) is 2.04. The minimum absolute atomic E-state index is 0.700. The Kier molecular flexibility index (Phi) is 1.65. The highest BCUT2D eigenvalue weighted by molar-refractivity contribution is 5.27. The molecule has 0 aliphatic heterocycles. The van der Waals surface area contributed by atoms with E-state index in [1.807, 2.05) is 13.0 Å². The van der Waals surface area contributed by atoms with Gasteiger partial charge in [-0.05, 0) is 37.8 Å². The van der Waals surface area contributed by atoms with Crippen molar-refractivity contribution in [1.82, 2.24) is 4.98 Å². The second kappa shape index (κ2) is 2.56. The third-order valence-electron chi connectivity index (χ3n) is 2.51. The van der Waals surface area contributed by atoms with Gasteiger partial charge in [0.15, 0.2) is 0 Å². The number of nitrogens with zero attached hydrogens (tertiary/aromatic N) is 1. The smallest absolute Gasteiger partial charge is 0.104 e. The van der Waals surface area contributed by atoms with Gasteiger partial charge in [-0.3, -0.25) is 4.98 Å². The van der Waals surface area contributed by atoms with Crippen molar-refractivity contribution in [3.63, 3.8) is 0 Å². The van der Waals surface area contributed by atoms with E-state index in [0.29, 0.717) is 0 Å². The summed E-state index contributed by atoms with van der Waals surface area (Å²) < 4.78 is 0. The molecule has 1 aliphatic carbocycles. The lowest BCUT2D eigenvalue weighted by Gasteiger charge is -2.29. The van der Waals surface area contributed by atoms with Gasteiger partial charge in [-0.15, -0.1) is 0 Å². The van der Waals surface area contributed by atoms with E-state index >= 15 is 0 Å². The zero-order chi connectivity index (χ0) is 8.60. The SMILES string of the molecule is C[C@]1(O)CCCc2cccnc21. The summed E-state index contributed by atoms with van der Waals surface area (Å²) in [5, 5.41) is 9.96. The molecule has 1 aliphatic rings. The predicted molar refractivity (Wildman–Crippen MR) is 46.7 cm³/mol. The lowest BCUT2D eigenvalue weighted by molar-refractivity contribution is 0.0340. The molecule has 0 amide bonds. The Morgan fingerprint density at radius 2 is 2.42 bits per heavy atom. The molecule has 12 heavy (non-hydrogen) atoms. The molecule has 64 valence electrons. The van der Waals surface area contributed by atoms with Gasteiger partial charge in [0.1, 0.15) is 5.60 Å². The topological polar surface area (TPSA) is 33.1 Å². The van der Waals surface area contributed by atoms with Crippen LogP contribution in [0.25, 0.3) is 0 Å². The first-order chi connectivity index (χ1) is 5.70. The van der Waals surface area contributed by atoms with Crippen LogP contribution in [0.1, 0.15) is 31.0 Å². The molecule has 2 rings (SSSR count). The molecule has 0 unspecified atom stereocenters. The fraction of sp³-hybridized carbons (Fsp3) is 0.500. The van der Waals surface area contributed by atoms with Crippen molar-refractivity contribution in [2.24, 2.45) is 0 Å². The van der Waals surface area contributed by atoms with Gasteiger partial charge in [-0.25, -0.2) is 0 Å². The Morgan fingerprint density at radius 3 is 3.17 bits per heavy atom. The number of rotatable bonds is 0. The Balaban J connectivity index is 2.52. The van der Waals surface area contributed by atoms with Crippen LogP contribution in [0.2, 0.25) is 0 Å². The summed E-state index contributed by atoms with van der Waals surface area (Å²) >= 11 is 0. The predicted octanol–water partition coefficient (Wildman–Crippen LogP) is 1.63. The number of pyridine rings is 1. The van der Waals surface area contributed by atoms with Crippen LogP contribution in [0, 0.1) is 0 Å². The van der Waals surface area contributed by atoms with Crippen LogP contribution < -0.4 is 0 Å². The van der Waals surface area contributed by atoms with Crippen molar-refractivity contribution < 1.29 is 5.11 Å². The lowest BCUT2D eigenvalue weighted by atomic mass is 9.84. The Bertz CT molecular complexity index is 294. The minimum Gasteiger partial charge on any atom is -0.384 e. The maximum absolute atomic E-state index is 9.96. The van der Waals surface area contributed by atoms with Crippen molar-refractivity contribution in [1.29, 1.82) is 0 Å². The summed E-state index contributed by atoms with van der Waals surface area (Å²) in [5.41, 5.74) is 1.37. The van der Waals surface area contributed by atoms with Gasteiger partial charge in [0.25, 0.3) is 0 Å². The summed E-state index contributed by atoms with van der Waals surface area (Å²) in [4.78, 5) is 4.22. The van der Waals surface area contributed by atoms with E-state index in [2.05, 4.69) is 11.1 Å². The molecule has 0 spiro atoms. The van der Waals surface area contributed by atoms with Crippen LogP contribution in [0.4, 0.5) is 0 Å². The molecule has 2 nitrogen and oxygen atoms in total. The maximum Gasteiger partial charge on any atom is 0.104 e. The molecular weight excluding hydrogens is 150 g/mol. The summed E-state index contributed by atoms with van der Waals surface area (Å²) in [5.74, 6) is 0. The molecule has 0 aromatic carbocycles. The molecule has 0 fully saturated rings. The fourth-order valence-electron chi connectivity index (χ4n) is 1.87. The van der Waals surface area contributed by atoms with Crippen LogP contribution in [0.3, 0.4) is 0 Å². The third-order valence-corrected chi connectivity index (χ3v) is 2.51. The second-order valence-electron chi connectivity index (χ2n) is 3.64. The summed E-state index contributed by atoms with van der Waals surface area (Å²) in [6.45, 7) is 1.85. The van der Waals surface area contributed by atoms with Crippen molar-refractivity contribution in [3.8, 4) is 0 Å². The maximum atomic E-state index is 9.96. The van der Waals surface area contributed by atoms with Crippen molar-refractivity contribution in [3.05, 3.63) is 29.6 Å². The van der Waals surface area contributed by atoms with Gasteiger partial charge < -0.3 is 5.11 Å². The number of aromatic nitrogens is 1. The van der Waals surface area contributed by atoms with E-state index in [4.69, 9.17) is 0 Å². The van der Waals surface area contributed by atoms with Crippen molar-refractivity contribution >= 4 is 0 Å². The summed E-state index contributed by atoms with van der Waals surface area (Å²) in [6, 6.07) is 3.98. The fourth-order valence-corrected chi connectivity index (χ4v) is 1.87. The molecule has 1 aromatic heterocycles. The Hall–Kier alpha value is -0.890. The normalized spacial score (nSPS) is 28.2. The molecule has 1 atom stereocenters. The van der Waals surface area contributed by atoms with Crippen LogP contribution >= 0.6 is 0 Å². The minimum atomic E-state index is -0.700. The Labute approximate surface area is 72.3 Å². The lowest BCUT2D eigenvalue weighted by Crippen LogP contribution is -2.28. The first-order valence-corrected chi connectivity index (χ1v) is 4.37. The number of hydrogen-bond donors (Lipinski definition) is 1. The quantitative estimate of drug-likeness (QED) is 0.630. The molecule has 1 N–H and O–H groups in total. The van der Waals surface area contributed by atoms with E-state index in [9.17, 15) is 5.11 Å². The molecule has 1 aromatic rings. The van der Waals surface area contributed by atoms with Gasteiger partial charge in [-0.2, -0.15) is 0 Å². The molecule has 0 radical (unpaired) electrons. The molecule has 0 saturated carbocycles. The van der Waals surface area contributed by atoms with Crippen LogP contribution in [-0.4, -0.2) is 10.1 Å². The highest BCUT2D eigenvalue weighted by Gasteiger charge is 2.30. The van der Waals surface area contributed by atoms with E-state index in [0.717, 1.165) is 25.0 Å². The molecule has 0 saturated heterocycles. The van der Waals surface area contributed by atoms with Gasteiger partial charge in [-0.1, -0.05) is 6.07 Å². The number of fused-ring (bicyclic) bond motifs is 1. The standard InChI is InChI=1S/C10H13NO/c1-10(12)6-2-4-8-5-3-7-11-9(8)10/h3,5,7,12H,2,4,6H2,1H3/t10-/m0/s1. The third kappa shape index (κ3) is 1.12. The highest BCUT2D eigenvalue weighted by atomic mass is 16.3. The molecular formula is C10H13NO. The second-order valence-corrected chi connectivity index (χ2v) is 3.64. The number of aliphatic hydroxyl groups is 1. The van der Waals surface area contributed by atoms with Gasteiger partial charge in [0, 0.05) is 6.20 Å². The van der Waals surface area contributed by atoms with Crippen LogP contribution in [-0.2, 0) is 12.0 Å². The van der Waals surface area contributed by atoms with E-state index in [-0.39, 0.29) is 0 Å². The van der Waals surface area contributed by atoms with Gasteiger partial charge in [0.2, 0.25) is 0 Å². The van der Waals surface area contributed by atoms with Crippen LogP contribution in [0.5, 0.6) is 0 Å². The van der Waals surface area contributed by atoms with Crippen LogP contribution in [0.15, 0.2) is 18.3 Å². The summed E-state index contributed by atoms with van der Waals surface area (Å²) in [6.07, 6.45) is 4.70. The zero-order valence-corrected chi connectivity index (χ0v) is 7.25.